The molecule has 1 aliphatic heterocycles. The van der Waals surface area contributed by atoms with Crippen LogP contribution < -0.4 is 10.1 Å². The molecule has 2 N–H and O–H groups in total. The number of nitrogens with one attached hydrogen (secondary N) is 1. The lowest BCUT2D eigenvalue weighted by atomic mass is 10.0. The summed E-state index contributed by atoms with van der Waals surface area (Å²) in [6, 6.07) is 20.7. The van der Waals surface area contributed by atoms with Crippen molar-refractivity contribution in [2.75, 3.05) is 11.9 Å². The molecule has 1 unspecified atom stereocenters. The molecule has 2 aromatic heterocycles. The normalized spacial score (nSPS) is 15.1. The van der Waals surface area contributed by atoms with E-state index in [1.807, 2.05) is 28.9 Å². The Labute approximate surface area is 200 Å². The van der Waals surface area contributed by atoms with Crippen LogP contribution in [0.15, 0.2) is 73.1 Å². The van der Waals surface area contributed by atoms with Gasteiger partial charge in [0.15, 0.2) is 0 Å². The summed E-state index contributed by atoms with van der Waals surface area (Å²) in [5.41, 5.74) is 6.48. The smallest absolute Gasteiger partial charge is 0.133 e. The highest BCUT2D eigenvalue weighted by molar-refractivity contribution is 5.89. The van der Waals surface area contributed by atoms with E-state index in [1.165, 1.54) is 5.56 Å². The molecule has 0 radical (unpaired) electrons. The molecule has 1 aliphatic rings. The quantitative estimate of drug-likeness (QED) is 0.386. The number of hydrogen-bond donors (Lipinski definition) is 2. The van der Waals surface area contributed by atoms with Gasteiger partial charge in [-0.3, -0.25) is 4.98 Å². The number of aromatic nitrogens is 3. The summed E-state index contributed by atoms with van der Waals surface area (Å²) >= 11 is 0. The number of hydrogen-bond acceptors (Lipinski definition) is 5. The summed E-state index contributed by atoms with van der Waals surface area (Å²) in [4.78, 5) is 4.15. The van der Waals surface area contributed by atoms with Crippen molar-refractivity contribution in [1.82, 2.24) is 14.8 Å². The highest BCUT2D eigenvalue weighted by atomic mass is 16.5. The van der Waals surface area contributed by atoms with Gasteiger partial charge in [-0.05, 0) is 53.3 Å². The Morgan fingerprint density at radius 1 is 1.00 bits per heavy atom. The molecular formula is C28H30N4O2. The van der Waals surface area contributed by atoms with Gasteiger partial charge < -0.3 is 15.2 Å². The molecule has 1 atom stereocenters. The van der Waals surface area contributed by atoms with Gasteiger partial charge in [0, 0.05) is 24.5 Å². The van der Waals surface area contributed by atoms with Crippen LogP contribution in [0.25, 0.3) is 22.4 Å². The fourth-order valence-electron chi connectivity index (χ4n) is 4.32. The van der Waals surface area contributed by atoms with Crippen molar-refractivity contribution < 1.29 is 9.84 Å². The van der Waals surface area contributed by atoms with Crippen molar-refractivity contribution in [3.8, 4) is 28.1 Å². The molecule has 6 heteroatoms. The topological polar surface area (TPSA) is 72.2 Å². The van der Waals surface area contributed by atoms with Crippen LogP contribution in [0, 0.1) is 0 Å². The van der Waals surface area contributed by atoms with Crippen LogP contribution in [0.4, 0.5) is 5.82 Å². The minimum Gasteiger partial charge on any atom is -0.489 e. The molecule has 0 saturated carbocycles. The first kappa shape index (κ1) is 22.2. The Morgan fingerprint density at radius 3 is 2.41 bits per heavy atom. The van der Waals surface area contributed by atoms with Gasteiger partial charge in [-0.15, -0.1) is 0 Å². The minimum atomic E-state index is 0.0259. The lowest BCUT2D eigenvalue weighted by Gasteiger charge is -2.25. The van der Waals surface area contributed by atoms with Crippen molar-refractivity contribution in [3.05, 3.63) is 84.2 Å². The molecule has 6 nitrogen and oxygen atoms in total. The standard InChI is InChI=1S/C28H30N4O2/c1-19(2)21-5-3-20(4-6-21)18-34-25-9-7-22(8-10-25)26-27(23-11-14-29-15-12-23)31-32-16-13-24(17-33)30-28(26)32/h3-12,14-15,19,24,30,33H,13,16-18H2,1-2H3. The molecular weight excluding hydrogens is 424 g/mol. The number of benzene rings is 2. The third-order valence-corrected chi connectivity index (χ3v) is 6.35. The van der Waals surface area contributed by atoms with Gasteiger partial charge in [0.05, 0.1) is 18.2 Å². The summed E-state index contributed by atoms with van der Waals surface area (Å²) in [6.07, 6.45) is 4.41. The van der Waals surface area contributed by atoms with Crippen molar-refractivity contribution in [3.63, 3.8) is 0 Å². The number of fused-ring (bicyclic) bond motifs is 1. The molecule has 0 spiro atoms. The zero-order chi connectivity index (χ0) is 23.5. The van der Waals surface area contributed by atoms with Gasteiger partial charge in [0.25, 0.3) is 0 Å². The molecule has 34 heavy (non-hydrogen) atoms. The maximum atomic E-state index is 9.72. The maximum Gasteiger partial charge on any atom is 0.133 e. The second-order valence-electron chi connectivity index (χ2n) is 9.05. The maximum absolute atomic E-state index is 9.72. The van der Waals surface area contributed by atoms with Crippen molar-refractivity contribution in [1.29, 1.82) is 0 Å². The van der Waals surface area contributed by atoms with E-state index < -0.39 is 0 Å². The van der Waals surface area contributed by atoms with Crippen LogP contribution in [0.2, 0.25) is 0 Å². The second-order valence-corrected chi connectivity index (χ2v) is 9.05. The number of aliphatic hydroxyl groups excluding tert-OH is 1. The minimum absolute atomic E-state index is 0.0259. The molecule has 4 aromatic rings. The van der Waals surface area contributed by atoms with E-state index >= 15 is 0 Å². The lowest BCUT2D eigenvalue weighted by Crippen LogP contribution is -2.31. The predicted octanol–water partition coefficient (Wildman–Crippen LogP) is 5.49. The fraction of sp³-hybridized carbons (Fsp3) is 0.286. The van der Waals surface area contributed by atoms with E-state index in [9.17, 15) is 5.11 Å². The first-order valence-electron chi connectivity index (χ1n) is 11.8. The zero-order valence-corrected chi connectivity index (χ0v) is 19.6. The molecule has 0 aliphatic carbocycles. The van der Waals surface area contributed by atoms with Crippen molar-refractivity contribution in [2.45, 2.75) is 45.4 Å². The summed E-state index contributed by atoms with van der Waals surface area (Å²) in [5, 5.41) is 18.1. The predicted molar refractivity (Wildman–Crippen MR) is 135 cm³/mol. The van der Waals surface area contributed by atoms with Gasteiger partial charge in [0.1, 0.15) is 23.9 Å². The van der Waals surface area contributed by atoms with E-state index in [1.54, 1.807) is 12.4 Å². The first-order chi connectivity index (χ1) is 16.6. The highest BCUT2D eigenvalue weighted by Gasteiger charge is 2.26. The number of rotatable bonds is 7. The average molecular weight is 455 g/mol. The summed E-state index contributed by atoms with van der Waals surface area (Å²) in [6.45, 7) is 5.79. The van der Waals surface area contributed by atoms with Gasteiger partial charge in [-0.1, -0.05) is 50.2 Å². The van der Waals surface area contributed by atoms with Crippen LogP contribution in [0.1, 0.15) is 37.3 Å². The SMILES string of the molecule is CC(C)c1ccc(COc2ccc(-c3c(-c4ccncc4)nn4c3NC(CO)CC4)cc2)cc1. The average Bonchev–Trinajstić information content (AvgIpc) is 3.27. The Hall–Kier alpha value is -3.64. The van der Waals surface area contributed by atoms with Crippen molar-refractivity contribution >= 4 is 5.82 Å². The number of pyridine rings is 1. The Balaban J connectivity index is 1.40. The molecule has 0 saturated heterocycles. The fourth-order valence-corrected chi connectivity index (χ4v) is 4.32. The van der Waals surface area contributed by atoms with Crippen LogP contribution in [-0.4, -0.2) is 32.5 Å². The van der Waals surface area contributed by atoms with E-state index in [0.29, 0.717) is 12.5 Å². The molecule has 0 bridgehead atoms. The number of anilines is 1. The number of nitrogens with zero attached hydrogens (tertiary/aromatic N) is 3. The Bertz CT molecular complexity index is 1230. The van der Waals surface area contributed by atoms with Gasteiger partial charge in [-0.25, -0.2) is 4.68 Å². The lowest BCUT2D eigenvalue weighted by molar-refractivity contribution is 0.258. The molecule has 5 rings (SSSR count). The van der Waals surface area contributed by atoms with Crippen molar-refractivity contribution in [2.24, 2.45) is 0 Å². The Kier molecular flexibility index (Phi) is 6.32. The van der Waals surface area contributed by atoms with Gasteiger partial charge in [0.2, 0.25) is 0 Å². The zero-order valence-electron chi connectivity index (χ0n) is 19.6. The van der Waals surface area contributed by atoms with E-state index in [2.05, 4.69) is 60.5 Å². The monoisotopic (exact) mass is 454 g/mol. The second kappa shape index (κ2) is 9.69. The molecule has 3 heterocycles. The number of aliphatic hydroxyl groups is 1. The van der Waals surface area contributed by atoms with Crippen LogP contribution in [0.3, 0.4) is 0 Å². The van der Waals surface area contributed by atoms with E-state index in [0.717, 1.165) is 52.5 Å². The third-order valence-electron chi connectivity index (χ3n) is 6.35. The number of aryl methyl sites for hydroxylation is 1. The first-order valence-corrected chi connectivity index (χ1v) is 11.8. The largest absolute Gasteiger partial charge is 0.489 e. The van der Waals surface area contributed by atoms with E-state index in [4.69, 9.17) is 9.84 Å². The van der Waals surface area contributed by atoms with Gasteiger partial charge >= 0.3 is 0 Å². The van der Waals surface area contributed by atoms with Gasteiger partial charge in [-0.2, -0.15) is 5.10 Å². The summed E-state index contributed by atoms with van der Waals surface area (Å²) < 4.78 is 8.05. The summed E-state index contributed by atoms with van der Waals surface area (Å²) in [5.74, 6) is 2.29. The molecule has 0 fully saturated rings. The molecule has 2 aromatic carbocycles. The number of ether oxygens (including phenoxy) is 1. The Morgan fingerprint density at radius 2 is 1.74 bits per heavy atom. The molecule has 174 valence electrons. The summed E-state index contributed by atoms with van der Waals surface area (Å²) in [7, 11) is 0. The van der Waals surface area contributed by atoms with Crippen LogP contribution >= 0.6 is 0 Å². The third kappa shape index (κ3) is 4.54. The van der Waals surface area contributed by atoms with E-state index in [-0.39, 0.29) is 12.6 Å². The highest BCUT2D eigenvalue weighted by Crippen LogP contribution is 2.40. The van der Waals surface area contributed by atoms with Crippen LogP contribution in [0.5, 0.6) is 5.75 Å². The van der Waals surface area contributed by atoms with Crippen LogP contribution in [-0.2, 0) is 13.2 Å². The molecule has 0 amide bonds.